The second kappa shape index (κ2) is 4.25. The first-order valence-electron chi connectivity index (χ1n) is 5.37. The van der Waals surface area contributed by atoms with Crippen molar-refractivity contribution in [2.24, 2.45) is 22.3 Å². The van der Waals surface area contributed by atoms with Gasteiger partial charge in [0.1, 0.15) is 5.70 Å². The van der Waals surface area contributed by atoms with E-state index in [4.69, 9.17) is 17.2 Å². The predicted octanol–water partition coefficient (Wildman–Crippen LogP) is 0.102. The topological polar surface area (TPSA) is 96.9 Å². The number of amidine groups is 1. The molecule has 90 valence electrons. The number of hydrogen-bond donors (Lipinski definition) is 3. The zero-order valence-electron chi connectivity index (χ0n) is 9.67. The van der Waals surface area contributed by atoms with E-state index < -0.39 is 0 Å². The summed E-state index contributed by atoms with van der Waals surface area (Å²) in [5.41, 5.74) is 18.7. The van der Waals surface area contributed by atoms with Gasteiger partial charge >= 0.3 is 0 Å². The Morgan fingerprint density at radius 1 is 1.12 bits per heavy atom. The molecule has 6 N–H and O–H groups in total. The van der Waals surface area contributed by atoms with Gasteiger partial charge in [-0.3, -0.25) is 0 Å². The van der Waals surface area contributed by atoms with Crippen molar-refractivity contribution in [2.45, 2.75) is 6.92 Å². The normalized spacial score (nSPS) is 16.2. The van der Waals surface area contributed by atoms with Crippen molar-refractivity contribution >= 4 is 11.5 Å². The Balaban J connectivity index is 2.46. The third kappa shape index (κ3) is 1.84. The number of rotatable bonds is 2. The summed E-state index contributed by atoms with van der Waals surface area (Å²) >= 11 is 0. The molecule has 6 heteroatoms. The van der Waals surface area contributed by atoms with Crippen molar-refractivity contribution in [3.63, 3.8) is 0 Å². The number of nitrogens with two attached hydrogens (primary N) is 3. The van der Waals surface area contributed by atoms with E-state index in [1.807, 2.05) is 37.3 Å². The predicted molar refractivity (Wildman–Crippen MR) is 68.3 cm³/mol. The molecule has 0 amide bonds. The van der Waals surface area contributed by atoms with Crippen molar-refractivity contribution in [3.05, 3.63) is 41.8 Å². The number of hydrogen-bond acceptors (Lipinski definition) is 6. The fraction of sp³-hybridized carbons (Fsp3) is 0.182. The summed E-state index contributed by atoms with van der Waals surface area (Å²) in [7, 11) is 0. The van der Waals surface area contributed by atoms with Crippen LogP contribution in [0.5, 0.6) is 0 Å². The van der Waals surface area contributed by atoms with E-state index in [1.165, 1.54) is 0 Å². The van der Waals surface area contributed by atoms with Gasteiger partial charge in [0.05, 0.1) is 12.2 Å². The van der Waals surface area contributed by atoms with Gasteiger partial charge < -0.3 is 17.2 Å². The Labute approximate surface area is 99.9 Å². The van der Waals surface area contributed by atoms with Crippen molar-refractivity contribution in [1.29, 1.82) is 0 Å². The highest BCUT2D eigenvalue weighted by Crippen LogP contribution is 2.22. The molecule has 0 spiro atoms. The second-order valence-corrected chi connectivity index (χ2v) is 3.62. The molecule has 1 heterocycles. The summed E-state index contributed by atoms with van der Waals surface area (Å²) in [6, 6.07) is 9.65. The van der Waals surface area contributed by atoms with Crippen molar-refractivity contribution in [1.82, 2.24) is 5.12 Å². The van der Waals surface area contributed by atoms with Crippen LogP contribution >= 0.6 is 0 Å². The van der Waals surface area contributed by atoms with E-state index in [0.29, 0.717) is 18.1 Å². The standard InChI is InChI=1S/C11H16N6/c1-2-16-15-10(13)9(12)11(14)17(16)8-6-4-3-5-7-8/h3-7H,2,12,14H2,1H3,(H2,13,15). The van der Waals surface area contributed by atoms with E-state index in [9.17, 15) is 0 Å². The van der Waals surface area contributed by atoms with Gasteiger partial charge in [0.25, 0.3) is 0 Å². The highest BCUT2D eigenvalue weighted by atomic mass is 15.8. The molecule has 0 unspecified atom stereocenters. The lowest BCUT2D eigenvalue weighted by atomic mass is 10.3. The van der Waals surface area contributed by atoms with Gasteiger partial charge in [-0.1, -0.05) is 18.2 Å². The van der Waals surface area contributed by atoms with Gasteiger partial charge in [-0.2, -0.15) is 5.12 Å². The molecule has 17 heavy (non-hydrogen) atoms. The molecule has 1 aromatic rings. The van der Waals surface area contributed by atoms with Gasteiger partial charge in [0.2, 0.25) is 0 Å². The average molecular weight is 232 g/mol. The van der Waals surface area contributed by atoms with Crippen LogP contribution in [0, 0.1) is 0 Å². The molecular weight excluding hydrogens is 216 g/mol. The SMILES string of the molecule is CCN1N=C(N)C(N)=C(N)N1c1ccccc1. The Hall–Kier alpha value is -2.37. The molecule has 1 aliphatic heterocycles. The second-order valence-electron chi connectivity index (χ2n) is 3.62. The molecule has 0 bridgehead atoms. The quantitative estimate of drug-likeness (QED) is 0.672. The van der Waals surface area contributed by atoms with Crippen LogP contribution in [0.3, 0.4) is 0 Å². The minimum atomic E-state index is 0.247. The lowest BCUT2D eigenvalue weighted by molar-refractivity contribution is 0.289. The number of para-hydroxylation sites is 1. The van der Waals surface area contributed by atoms with E-state index in [-0.39, 0.29) is 5.84 Å². The van der Waals surface area contributed by atoms with Crippen LogP contribution in [0.15, 0.2) is 47.0 Å². The molecule has 6 nitrogen and oxygen atoms in total. The van der Waals surface area contributed by atoms with E-state index in [1.54, 1.807) is 10.1 Å². The largest absolute Gasteiger partial charge is 0.393 e. The van der Waals surface area contributed by atoms with Crippen LogP contribution in [0.4, 0.5) is 5.69 Å². The van der Waals surface area contributed by atoms with Gasteiger partial charge in [-0.15, -0.1) is 5.10 Å². The first-order chi connectivity index (χ1) is 8.15. The maximum atomic E-state index is 5.99. The van der Waals surface area contributed by atoms with E-state index in [2.05, 4.69) is 5.10 Å². The van der Waals surface area contributed by atoms with Gasteiger partial charge in [0.15, 0.2) is 11.7 Å². The van der Waals surface area contributed by atoms with Crippen LogP contribution in [0.2, 0.25) is 0 Å². The van der Waals surface area contributed by atoms with Gasteiger partial charge in [-0.05, 0) is 19.1 Å². The maximum Gasteiger partial charge on any atom is 0.172 e. The molecule has 2 rings (SSSR count). The fourth-order valence-corrected chi connectivity index (χ4v) is 1.65. The highest BCUT2D eigenvalue weighted by Gasteiger charge is 2.24. The van der Waals surface area contributed by atoms with E-state index >= 15 is 0 Å². The molecule has 1 aromatic carbocycles. The van der Waals surface area contributed by atoms with Crippen LogP contribution in [0.25, 0.3) is 0 Å². The molecule has 0 saturated carbocycles. The Kier molecular flexibility index (Phi) is 2.78. The number of anilines is 1. The first kappa shape index (κ1) is 11.1. The van der Waals surface area contributed by atoms with Crippen molar-refractivity contribution in [3.8, 4) is 0 Å². The summed E-state index contributed by atoms with van der Waals surface area (Å²) in [5.74, 6) is 0.641. The van der Waals surface area contributed by atoms with Crippen molar-refractivity contribution < 1.29 is 0 Å². The average Bonchev–Trinajstić information content (AvgIpc) is 2.36. The summed E-state index contributed by atoms with van der Waals surface area (Å²) in [6.45, 7) is 2.60. The highest BCUT2D eigenvalue weighted by molar-refractivity contribution is 5.97. The molecule has 0 saturated heterocycles. The van der Waals surface area contributed by atoms with Crippen LogP contribution in [-0.2, 0) is 0 Å². The minimum absolute atomic E-state index is 0.247. The van der Waals surface area contributed by atoms with Crippen LogP contribution in [-0.4, -0.2) is 17.5 Å². The Morgan fingerprint density at radius 3 is 2.35 bits per heavy atom. The molecule has 0 aliphatic carbocycles. The van der Waals surface area contributed by atoms with Gasteiger partial charge in [0, 0.05) is 0 Å². The van der Waals surface area contributed by atoms with Gasteiger partial charge in [-0.25, -0.2) is 5.01 Å². The number of benzene rings is 1. The third-order valence-electron chi connectivity index (χ3n) is 2.52. The summed E-state index contributed by atoms with van der Waals surface area (Å²) in [6.07, 6.45) is 0. The first-order valence-corrected chi connectivity index (χ1v) is 5.37. The third-order valence-corrected chi connectivity index (χ3v) is 2.52. The molecule has 1 aliphatic rings. The number of nitrogens with zero attached hydrogens (tertiary/aromatic N) is 3. The summed E-state index contributed by atoms with van der Waals surface area (Å²) in [4.78, 5) is 0. The number of hydrazine groups is 1. The molecule has 0 fully saturated rings. The Bertz CT molecular complexity index is 464. The summed E-state index contributed by atoms with van der Waals surface area (Å²) in [5, 5.41) is 7.60. The molecule has 0 atom stereocenters. The smallest absolute Gasteiger partial charge is 0.172 e. The maximum absolute atomic E-state index is 5.99. The van der Waals surface area contributed by atoms with E-state index in [0.717, 1.165) is 5.69 Å². The molecular formula is C11H16N6. The molecule has 0 radical (unpaired) electrons. The zero-order chi connectivity index (χ0) is 12.4. The minimum Gasteiger partial charge on any atom is -0.393 e. The lowest BCUT2D eigenvalue weighted by Crippen LogP contribution is -2.49. The Morgan fingerprint density at radius 2 is 1.76 bits per heavy atom. The molecule has 0 aromatic heterocycles. The lowest BCUT2D eigenvalue weighted by Gasteiger charge is -2.37. The van der Waals surface area contributed by atoms with Crippen LogP contribution in [0.1, 0.15) is 6.92 Å². The monoisotopic (exact) mass is 232 g/mol. The van der Waals surface area contributed by atoms with Crippen LogP contribution < -0.4 is 22.2 Å². The number of hydrazone groups is 1. The zero-order valence-corrected chi connectivity index (χ0v) is 9.67. The fourth-order valence-electron chi connectivity index (χ4n) is 1.65. The van der Waals surface area contributed by atoms with Crippen molar-refractivity contribution in [2.75, 3.05) is 11.6 Å². The summed E-state index contributed by atoms with van der Waals surface area (Å²) < 4.78 is 0.